The topological polar surface area (TPSA) is 73.8 Å². The van der Waals surface area contributed by atoms with Gasteiger partial charge in [0.1, 0.15) is 24.1 Å². The Balaban J connectivity index is 1.23. The summed E-state index contributed by atoms with van der Waals surface area (Å²) < 4.78 is 18.3. The van der Waals surface area contributed by atoms with Gasteiger partial charge in [-0.2, -0.15) is 0 Å². The molecule has 3 aromatic rings. The average Bonchev–Trinajstić information content (AvgIpc) is 3.09. The summed E-state index contributed by atoms with van der Waals surface area (Å²) in [6.07, 6.45) is 5.99. The maximum Gasteiger partial charge on any atom is 0.255 e. The first kappa shape index (κ1) is 19.2. The quantitative estimate of drug-likeness (QED) is 0.642. The van der Waals surface area contributed by atoms with Crippen LogP contribution in [0.15, 0.2) is 55.1 Å². The van der Waals surface area contributed by atoms with Gasteiger partial charge < -0.3 is 19.1 Å². The number of fused-ring (bicyclic) bond motifs is 2. The molecule has 2 aromatic heterocycles. The van der Waals surface area contributed by atoms with Crippen molar-refractivity contribution < 1.29 is 19.0 Å². The zero-order valence-electron chi connectivity index (χ0n) is 16.1. The second-order valence-corrected chi connectivity index (χ2v) is 7.87. The fourth-order valence-corrected chi connectivity index (χ4v) is 4.07. The van der Waals surface area contributed by atoms with Crippen molar-refractivity contribution in [2.75, 3.05) is 26.3 Å². The van der Waals surface area contributed by atoms with Crippen LogP contribution >= 0.6 is 11.6 Å². The van der Waals surface area contributed by atoms with E-state index in [9.17, 15) is 4.79 Å². The third-order valence-corrected chi connectivity index (χ3v) is 5.59. The third-order valence-electron chi connectivity index (χ3n) is 5.38. The Morgan fingerprint density at radius 2 is 1.87 bits per heavy atom. The summed E-state index contributed by atoms with van der Waals surface area (Å²) >= 11 is 5.96. The molecule has 0 bridgehead atoms. The largest absolute Gasteiger partial charge is 0.485 e. The molecule has 0 unspecified atom stereocenters. The van der Waals surface area contributed by atoms with Gasteiger partial charge in [0.2, 0.25) is 0 Å². The predicted molar refractivity (Wildman–Crippen MR) is 111 cm³/mol. The molecule has 0 aliphatic carbocycles. The van der Waals surface area contributed by atoms with Gasteiger partial charge in [-0.25, -0.2) is 0 Å². The fraction of sp³-hybridized carbons (Fsp3) is 0.318. The zero-order valence-corrected chi connectivity index (χ0v) is 16.9. The van der Waals surface area contributed by atoms with Gasteiger partial charge in [-0.1, -0.05) is 23.7 Å². The van der Waals surface area contributed by atoms with E-state index in [-0.39, 0.29) is 24.2 Å². The molecule has 1 aromatic carbocycles. The molecular formula is C22H20ClN3O4. The van der Waals surface area contributed by atoms with Crippen LogP contribution < -0.4 is 4.74 Å². The molecule has 0 radical (unpaired) electrons. The number of rotatable bonds is 3. The van der Waals surface area contributed by atoms with Crippen LogP contribution in [-0.2, 0) is 9.47 Å². The van der Waals surface area contributed by atoms with E-state index in [2.05, 4.69) is 9.97 Å². The molecule has 1 amide bonds. The molecule has 2 aliphatic heterocycles. The lowest BCUT2D eigenvalue weighted by atomic mass is 10.1. The number of nitrogens with zero attached hydrogens (tertiary/aromatic N) is 3. The van der Waals surface area contributed by atoms with Crippen LogP contribution in [0.3, 0.4) is 0 Å². The van der Waals surface area contributed by atoms with Gasteiger partial charge in [-0.3, -0.25) is 14.8 Å². The SMILES string of the molecule is O=C(c1cncc(Cl)c1)N1C[C@@H]2OCC(Oc3cccc4cnccc34)CO[C@H]2C1. The molecular weight excluding hydrogens is 406 g/mol. The van der Waals surface area contributed by atoms with Crippen LogP contribution in [-0.4, -0.2) is 65.4 Å². The Morgan fingerprint density at radius 3 is 2.63 bits per heavy atom. The van der Waals surface area contributed by atoms with Crippen molar-refractivity contribution in [2.45, 2.75) is 18.3 Å². The number of benzene rings is 1. The van der Waals surface area contributed by atoms with Crippen LogP contribution in [0.5, 0.6) is 5.75 Å². The van der Waals surface area contributed by atoms with Crippen LogP contribution in [0.25, 0.3) is 10.8 Å². The second-order valence-electron chi connectivity index (χ2n) is 7.44. The van der Waals surface area contributed by atoms with Crippen molar-refractivity contribution in [2.24, 2.45) is 0 Å². The minimum atomic E-state index is -0.226. The standard InChI is InChI=1S/C22H20ClN3O4/c23-16-6-15(8-25-9-16)22(27)26-10-20-21(11-26)29-13-17(12-28-20)30-19-3-1-2-14-7-24-5-4-18(14)19/h1-9,17,20-21H,10-13H2/t20-,21-/m0/s1. The molecule has 2 fully saturated rings. The number of halogens is 1. The Labute approximate surface area is 178 Å². The molecule has 5 rings (SSSR count). The minimum absolute atomic E-state index is 0.123. The molecule has 4 heterocycles. The first-order chi connectivity index (χ1) is 14.7. The van der Waals surface area contributed by atoms with E-state index in [1.54, 1.807) is 17.2 Å². The van der Waals surface area contributed by atoms with Crippen molar-refractivity contribution in [3.8, 4) is 5.75 Å². The number of hydrogen-bond acceptors (Lipinski definition) is 6. The maximum atomic E-state index is 12.7. The van der Waals surface area contributed by atoms with Crippen LogP contribution in [0.4, 0.5) is 0 Å². The first-order valence-corrected chi connectivity index (χ1v) is 10.2. The highest BCUT2D eigenvalue weighted by atomic mass is 35.5. The van der Waals surface area contributed by atoms with E-state index in [0.717, 1.165) is 16.5 Å². The number of aromatic nitrogens is 2. The van der Waals surface area contributed by atoms with Gasteiger partial charge in [0, 0.05) is 48.6 Å². The van der Waals surface area contributed by atoms with Crippen molar-refractivity contribution in [3.05, 3.63) is 65.7 Å². The number of carbonyl (C=O) groups is 1. The van der Waals surface area contributed by atoms with E-state index < -0.39 is 0 Å². The lowest BCUT2D eigenvalue weighted by molar-refractivity contribution is -0.00461. The minimum Gasteiger partial charge on any atom is -0.485 e. The Hall–Kier alpha value is -2.74. The smallest absolute Gasteiger partial charge is 0.255 e. The molecule has 2 saturated heterocycles. The number of hydrogen-bond donors (Lipinski definition) is 0. The maximum absolute atomic E-state index is 12.7. The summed E-state index contributed by atoms with van der Waals surface area (Å²) in [5.41, 5.74) is 0.464. The Bertz CT molecular complexity index is 1060. The molecule has 30 heavy (non-hydrogen) atoms. The predicted octanol–water partition coefficient (Wildman–Crippen LogP) is 2.97. The zero-order chi connectivity index (χ0) is 20.5. The van der Waals surface area contributed by atoms with E-state index in [0.29, 0.717) is 36.9 Å². The van der Waals surface area contributed by atoms with Crippen molar-refractivity contribution in [1.82, 2.24) is 14.9 Å². The van der Waals surface area contributed by atoms with Gasteiger partial charge in [-0.15, -0.1) is 0 Å². The Morgan fingerprint density at radius 1 is 1.07 bits per heavy atom. The first-order valence-electron chi connectivity index (χ1n) is 9.80. The van der Waals surface area contributed by atoms with Gasteiger partial charge in [0.25, 0.3) is 5.91 Å². The van der Waals surface area contributed by atoms with Gasteiger partial charge in [0.15, 0.2) is 0 Å². The van der Waals surface area contributed by atoms with Gasteiger partial charge in [0.05, 0.1) is 23.8 Å². The molecule has 154 valence electrons. The van der Waals surface area contributed by atoms with E-state index in [4.69, 9.17) is 25.8 Å². The fourth-order valence-electron chi connectivity index (χ4n) is 3.89. The van der Waals surface area contributed by atoms with Gasteiger partial charge in [-0.05, 0) is 18.2 Å². The summed E-state index contributed by atoms with van der Waals surface area (Å²) in [4.78, 5) is 22.6. The lowest BCUT2D eigenvalue weighted by Gasteiger charge is -2.20. The van der Waals surface area contributed by atoms with E-state index in [1.165, 1.54) is 12.4 Å². The number of amides is 1. The molecule has 8 heteroatoms. The normalized spacial score (nSPS) is 22.0. The molecule has 0 N–H and O–H groups in total. The number of ether oxygens (including phenoxy) is 3. The van der Waals surface area contributed by atoms with Gasteiger partial charge >= 0.3 is 0 Å². The highest BCUT2D eigenvalue weighted by molar-refractivity contribution is 6.30. The highest BCUT2D eigenvalue weighted by Crippen LogP contribution is 2.28. The molecule has 2 aliphatic rings. The summed E-state index contributed by atoms with van der Waals surface area (Å²) in [5, 5.41) is 2.46. The average molecular weight is 426 g/mol. The Kier molecular flexibility index (Phi) is 5.25. The number of likely N-dealkylation sites (tertiary alicyclic amines) is 1. The summed E-state index contributed by atoms with van der Waals surface area (Å²) in [7, 11) is 0. The summed E-state index contributed by atoms with van der Waals surface area (Å²) in [6.45, 7) is 1.71. The second kappa shape index (κ2) is 8.18. The van der Waals surface area contributed by atoms with Crippen molar-refractivity contribution >= 4 is 28.3 Å². The van der Waals surface area contributed by atoms with Crippen molar-refractivity contribution in [3.63, 3.8) is 0 Å². The lowest BCUT2D eigenvalue weighted by Crippen LogP contribution is -2.33. The van der Waals surface area contributed by atoms with Crippen molar-refractivity contribution in [1.29, 1.82) is 0 Å². The van der Waals surface area contributed by atoms with Crippen LogP contribution in [0.1, 0.15) is 10.4 Å². The number of pyridine rings is 2. The summed E-state index contributed by atoms with van der Waals surface area (Å²) in [5.74, 6) is 0.659. The van der Waals surface area contributed by atoms with Crippen LogP contribution in [0.2, 0.25) is 5.02 Å². The van der Waals surface area contributed by atoms with Crippen LogP contribution in [0, 0.1) is 0 Å². The summed E-state index contributed by atoms with van der Waals surface area (Å²) in [6, 6.07) is 9.44. The van der Waals surface area contributed by atoms with E-state index >= 15 is 0 Å². The third kappa shape index (κ3) is 3.84. The molecule has 0 saturated carbocycles. The molecule has 2 atom stereocenters. The van der Waals surface area contributed by atoms with E-state index in [1.807, 2.05) is 30.5 Å². The molecule has 7 nitrogen and oxygen atoms in total. The number of carbonyl (C=O) groups excluding carboxylic acids is 1. The highest BCUT2D eigenvalue weighted by Gasteiger charge is 2.40. The molecule has 0 spiro atoms. The monoisotopic (exact) mass is 425 g/mol.